The summed E-state index contributed by atoms with van der Waals surface area (Å²) in [6.07, 6.45) is 2.24. The third-order valence-corrected chi connectivity index (χ3v) is 2.55. The van der Waals surface area contributed by atoms with Crippen molar-refractivity contribution < 1.29 is 4.79 Å². The molecule has 4 nitrogen and oxygen atoms in total. The zero-order chi connectivity index (χ0) is 12.8. The molecule has 0 bridgehead atoms. The van der Waals surface area contributed by atoms with E-state index in [1.807, 2.05) is 19.9 Å². The number of nitrogens with zero attached hydrogens (tertiary/aromatic N) is 2. The highest BCUT2D eigenvalue weighted by atomic mass is 79.9. The summed E-state index contributed by atoms with van der Waals surface area (Å²) in [5, 5.41) is 11.5. The minimum Gasteiger partial charge on any atom is -0.348 e. The second-order valence-electron chi connectivity index (χ2n) is 3.93. The minimum absolute atomic E-state index is 0.0781. The fourth-order valence-electron chi connectivity index (χ4n) is 1.44. The van der Waals surface area contributed by atoms with Gasteiger partial charge in [-0.2, -0.15) is 5.26 Å². The molecule has 0 radical (unpaired) electrons. The van der Waals surface area contributed by atoms with Crippen LogP contribution >= 0.6 is 15.9 Å². The fraction of sp³-hybridized carbons (Fsp3) is 0.417. The molecular weight excluding hydrogens is 282 g/mol. The molecule has 1 rings (SSSR count). The maximum atomic E-state index is 11.8. The zero-order valence-corrected chi connectivity index (χ0v) is 11.4. The predicted octanol–water partition coefficient (Wildman–Crippen LogP) is 2.25. The quantitative estimate of drug-likeness (QED) is 0.867. The number of alkyl halides is 1. The van der Waals surface area contributed by atoms with Crippen LogP contribution in [0, 0.1) is 11.3 Å². The molecule has 1 amide bonds. The molecule has 0 aromatic carbocycles. The number of pyridine rings is 1. The summed E-state index contributed by atoms with van der Waals surface area (Å²) in [7, 11) is 0. The Morgan fingerprint density at radius 2 is 2.29 bits per heavy atom. The monoisotopic (exact) mass is 295 g/mol. The van der Waals surface area contributed by atoms with Gasteiger partial charge in [0.1, 0.15) is 11.8 Å². The summed E-state index contributed by atoms with van der Waals surface area (Å²) in [5.74, 6) is -0.213. The lowest BCUT2D eigenvalue weighted by molar-refractivity contribution is 0.0933. The van der Waals surface area contributed by atoms with Crippen LogP contribution in [0.3, 0.4) is 0 Å². The van der Waals surface area contributed by atoms with Gasteiger partial charge in [0.25, 0.3) is 5.91 Å². The van der Waals surface area contributed by atoms with E-state index in [0.29, 0.717) is 16.1 Å². The normalized spacial score (nSPS) is 13.5. The van der Waals surface area contributed by atoms with Crippen molar-refractivity contribution in [2.45, 2.75) is 31.1 Å². The first kappa shape index (κ1) is 13.7. The van der Waals surface area contributed by atoms with Crippen LogP contribution in [0.2, 0.25) is 0 Å². The Kier molecular flexibility index (Phi) is 5.11. The van der Waals surface area contributed by atoms with Gasteiger partial charge in [-0.3, -0.25) is 4.79 Å². The van der Waals surface area contributed by atoms with E-state index < -0.39 is 0 Å². The van der Waals surface area contributed by atoms with Crippen LogP contribution in [0.25, 0.3) is 0 Å². The molecule has 17 heavy (non-hydrogen) atoms. The van der Waals surface area contributed by atoms with E-state index in [1.165, 1.54) is 6.20 Å². The lowest BCUT2D eigenvalue weighted by Crippen LogP contribution is -2.34. The van der Waals surface area contributed by atoms with E-state index in [4.69, 9.17) is 5.26 Å². The molecule has 0 spiro atoms. The van der Waals surface area contributed by atoms with Crippen LogP contribution in [-0.2, 0) is 0 Å². The van der Waals surface area contributed by atoms with E-state index in [0.717, 1.165) is 6.42 Å². The molecular formula is C12H14BrN3O. The molecule has 5 heteroatoms. The first-order chi connectivity index (χ1) is 8.02. The molecule has 0 aliphatic rings. The zero-order valence-electron chi connectivity index (χ0n) is 9.77. The van der Waals surface area contributed by atoms with Gasteiger partial charge < -0.3 is 5.32 Å². The Bertz CT molecular complexity index is 422. The van der Waals surface area contributed by atoms with Gasteiger partial charge in [-0.1, -0.05) is 22.9 Å². The summed E-state index contributed by atoms with van der Waals surface area (Å²) in [5.41, 5.74) is 0.779. The Balaban J connectivity index is 2.61. The van der Waals surface area contributed by atoms with Gasteiger partial charge in [0.2, 0.25) is 0 Å². The maximum Gasteiger partial charge on any atom is 0.270 e. The summed E-state index contributed by atoms with van der Waals surface area (Å²) >= 11 is 3.44. The number of amides is 1. The second-order valence-corrected chi connectivity index (χ2v) is 5.50. The van der Waals surface area contributed by atoms with Crippen molar-refractivity contribution >= 4 is 21.8 Å². The largest absolute Gasteiger partial charge is 0.348 e. The molecule has 0 aliphatic carbocycles. The number of nitriles is 1. The number of nitrogens with one attached hydrogen (secondary N) is 1. The van der Waals surface area contributed by atoms with Crippen molar-refractivity contribution in [1.29, 1.82) is 5.26 Å². The lowest BCUT2D eigenvalue weighted by atomic mass is 10.2. The smallest absolute Gasteiger partial charge is 0.270 e. The summed E-state index contributed by atoms with van der Waals surface area (Å²) in [6.45, 7) is 3.97. The summed E-state index contributed by atoms with van der Waals surface area (Å²) in [6, 6.07) is 5.17. The molecule has 1 aromatic rings. The van der Waals surface area contributed by atoms with Gasteiger partial charge in [-0.25, -0.2) is 4.98 Å². The number of carbonyl (C=O) groups excluding carboxylic acids is 1. The van der Waals surface area contributed by atoms with Crippen LogP contribution in [0.5, 0.6) is 0 Å². The molecule has 0 fully saturated rings. The van der Waals surface area contributed by atoms with Gasteiger partial charge in [0, 0.05) is 17.1 Å². The third-order valence-electron chi connectivity index (χ3n) is 2.18. The average Bonchev–Trinajstić information content (AvgIpc) is 2.28. The van der Waals surface area contributed by atoms with Crippen molar-refractivity contribution in [3.8, 4) is 6.07 Å². The van der Waals surface area contributed by atoms with Gasteiger partial charge in [-0.15, -0.1) is 0 Å². The number of halogens is 1. The SMILES string of the molecule is CC(Br)CC(C)NC(=O)c1ccc(C#N)cn1. The molecule has 0 aliphatic heterocycles. The number of hydrogen-bond donors (Lipinski definition) is 1. The molecule has 2 unspecified atom stereocenters. The van der Waals surface area contributed by atoms with Crippen LogP contribution < -0.4 is 5.32 Å². The predicted molar refractivity (Wildman–Crippen MR) is 68.9 cm³/mol. The van der Waals surface area contributed by atoms with E-state index in [-0.39, 0.29) is 11.9 Å². The van der Waals surface area contributed by atoms with Crippen molar-refractivity contribution in [2.24, 2.45) is 0 Å². The highest BCUT2D eigenvalue weighted by molar-refractivity contribution is 9.09. The number of hydrogen-bond acceptors (Lipinski definition) is 3. The van der Waals surface area contributed by atoms with Crippen molar-refractivity contribution in [2.75, 3.05) is 0 Å². The highest BCUT2D eigenvalue weighted by Crippen LogP contribution is 2.07. The molecule has 2 atom stereocenters. The average molecular weight is 296 g/mol. The van der Waals surface area contributed by atoms with E-state index in [2.05, 4.69) is 26.2 Å². The maximum absolute atomic E-state index is 11.8. The van der Waals surface area contributed by atoms with Crippen LogP contribution in [0.1, 0.15) is 36.3 Å². The summed E-state index contributed by atoms with van der Waals surface area (Å²) < 4.78 is 0. The first-order valence-corrected chi connectivity index (χ1v) is 6.25. The molecule has 0 saturated carbocycles. The lowest BCUT2D eigenvalue weighted by Gasteiger charge is -2.14. The Labute approximate surface area is 109 Å². The van der Waals surface area contributed by atoms with Crippen molar-refractivity contribution in [3.63, 3.8) is 0 Å². The molecule has 1 aromatic heterocycles. The Hall–Kier alpha value is -1.41. The van der Waals surface area contributed by atoms with Gasteiger partial charge in [-0.05, 0) is 25.5 Å². The van der Waals surface area contributed by atoms with Gasteiger partial charge in [0.15, 0.2) is 0 Å². The number of aromatic nitrogens is 1. The van der Waals surface area contributed by atoms with E-state index >= 15 is 0 Å². The second kappa shape index (κ2) is 6.36. The minimum atomic E-state index is -0.213. The number of rotatable bonds is 4. The molecule has 1 N–H and O–H groups in total. The molecule has 1 heterocycles. The summed E-state index contributed by atoms with van der Waals surface area (Å²) in [4.78, 5) is 16.1. The van der Waals surface area contributed by atoms with Gasteiger partial charge >= 0.3 is 0 Å². The standard InChI is InChI=1S/C12H14BrN3O/c1-8(13)5-9(2)16-12(17)11-4-3-10(6-14)7-15-11/h3-4,7-9H,5H2,1-2H3,(H,16,17). The Morgan fingerprint density at radius 3 is 2.76 bits per heavy atom. The van der Waals surface area contributed by atoms with Crippen LogP contribution in [-0.4, -0.2) is 21.8 Å². The van der Waals surface area contributed by atoms with Crippen molar-refractivity contribution in [3.05, 3.63) is 29.6 Å². The van der Waals surface area contributed by atoms with Gasteiger partial charge in [0.05, 0.1) is 5.56 Å². The Morgan fingerprint density at radius 1 is 1.59 bits per heavy atom. The molecule has 0 saturated heterocycles. The van der Waals surface area contributed by atoms with Crippen molar-refractivity contribution in [1.82, 2.24) is 10.3 Å². The van der Waals surface area contributed by atoms with Crippen LogP contribution in [0.4, 0.5) is 0 Å². The first-order valence-electron chi connectivity index (χ1n) is 5.34. The van der Waals surface area contributed by atoms with E-state index in [9.17, 15) is 4.79 Å². The van der Waals surface area contributed by atoms with E-state index in [1.54, 1.807) is 12.1 Å². The third kappa shape index (κ3) is 4.53. The fourth-order valence-corrected chi connectivity index (χ4v) is 2.00. The topological polar surface area (TPSA) is 65.8 Å². The highest BCUT2D eigenvalue weighted by Gasteiger charge is 2.12. The molecule has 90 valence electrons. The van der Waals surface area contributed by atoms with Crippen LogP contribution in [0.15, 0.2) is 18.3 Å². The number of carbonyl (C=O) groups is 1.